The topological polar surface area (TPSA) is 0 Å². The molecule has 0 heterocycles. The lowest BCUT2D eigenvalue weighted by Crippen LogP contribution is -2.21. The molecule has 0 aromatic rings. The normalized spacial score (nSPS) is 38.0. The van der Waals surface area contributed by atoms with Crippen molar-refractivity contribution in [2.75, 3.05) is 0 Å². The highest BCUT2D eigenvalue weighted by molar-refractivity contribution is 5.17. The highest BCUT2D eigenvalue weighted by Crippen LogP contribution is 2.76. The third kappa shape index (κ3) is 3.38. The third-order valence-corrected chi connectivity index (χ3v) is 8.62. The lowest BCUT2D eigenvalue weighted by Gasteiger charge is -2.31. The molecule has 3 aliphatic carbocycles. The van der Waals surface area contributed by atoms with Crippen molar-refractivity contribution in [3.8, 4) is 0 Å². The summed E-state index contributed by atoms with van der Waals surface area (Å²) >= 11 is 0. The first-order valence-electron chi connectivity index (χ1n) is 11.1. The van der Waals surface area contributed by atoms with Gasteiger partial charge in [-0.25, -0.2) is 0 Å². The second kappa shape index (κ2) is 7.09. The summed E-state index contributed by atoms with van der Waals surface area (Å²) in [5.74, 6) is 7.39. The summed E-state index contributed by atoms with van der Waals surface area (Å²) < 4.78 is 0. The average molecular weight is 319 g/mol. The second-order valence-electron chi connectivity index (χ2n) is 9.77. The van der Waals surface area contributed by atoms with Crippen molar-refractivity contribution in [3.05, 3.63) is 0 Å². The van der Waals surface area contributed by atoms with E-state index < -0.39 is 0 Å². The third-order valence-electron chi connectivity index (χ3n) is 8.62. The maximum Gasteiger partial charge on any atom is -0.0232 e. The Kier molecular flexibility index (Phi) is 5.49. The molecule has 134 valence electrons. The molecule has 0 aliphatic heterocycles. The van der Waals surface area contributed by atoms with E-state index in [0.717, 1.165) is 46.8 Å². The number of rotatable bonds is 10. The van der Waals surface area contributed by atoms with Gasteiger partial charge in [-0.3, -0.25) is 0 Å². The predicted molar refractivity (Wildman–Crippen MR) is 101 cm³/mol. The van der Waals surface area contributed by atoms with Crippen LogP contribution in [0.25, 0.3) is 0 Å². The molecule has 3 aliphatic rings. The first-order valence-corrected chi connectivity index (χ1v) is 11.1. The molecule has 0 radical (unpaired) electrons. The van der Waals surface area contributed by atoms with Crippen LogP contribution in [-0.2, 0) is 0 Å². The Labute approximate surface area is 146 Å². The second-order valence-corrected chi connectivity index (χ2v) is 9.77. The van der Waals surface area contributed by atoms with Crippen molar-refractivity contribution in [2.24, 2.45) is 46.8 Å². The molecule has 0 heteroatoms. The first kappa shape index (κ1) is 17.8. The van der Waals surface area contributed by atoms with E-state index in [1.54, 1.807) is 25.7 Å². The molecule has 0 bridgehead atoms. The smallest absolute Gasteiger partial charge is 0.0232 e. The minimum atomic E-state index is 0.856. The molecule has 0 nitrogen and oxygen atoms in total. The fraction of sp³-hybridized carbons (Fsp3) is 1.00. The Bertz CT molecular complexity index is 379. The van der Waals surface area contributed by atoms with Crippen molar-refractivity contribution in [2.45, 2.75) is 98.8 Å². The Morgan fingerprint density at radius 3 is 2.22 bits per heavy atom. The molecule has 7 atom stereocenters. The fourth-order valence-corrected chi connectivity index (χ4v) is 6.41. The molecule has 0 N–H and O–H groups in total. The zero-order chi connectivity index (χ0) is 16.6. The molecule has 3 rings (SSSR count). The highest BCUT2D eigenvalue weighted by atomic mass is 14.7. The number of hydrogen-bond donors (Lipinski definition) is 0. The maximum absolute atomic E-state index is 2.53. The summed E-state index contributed by atoms with van der Waals surface area (Å²) in [7, 11) is 0. The van der Waals surface area contributed by atoms with Gasteiger partial charge in [0.1, 0.15) is 0 Å². The van der Waals surface area contributed by atoms with Crippen LogP contribution in [0.2, 0.25) is 0 Å². The van der Waals surface area contributed by atoms with Crippen molar-refractivity contribution < 1.29 is 0 Å². The SMILES string of the molecule is CCCC1CC1CC1C(C(CC)CC(C)C(C)CC)C12CCC2. The Balaban J connectivity index is 1.56. The molecule has 0 aromatic carbocycles. The summed E-state index contributed by atoms with van der Waals surface area (Å²) in [6.45, 7) is 12.2. The van der Waals surface area contributed by atoms with Crippen LogP contribution in [0.15, 0.2) is 0 Å². The van der Waals surface area contributed by atoms with Crippen LogP contribution < -0.4 is 0 Å². The number of hydrogen-bond acceptors (Lipinski definition) is 0. The van der Waals surface area contributed by atoms with Gasteiger partial charge in [0, 0.05) is 0 Å². The minimum Gasteiger partial charge on any atom is -0.0654 e. The Morgan fingerprint density at radius 2 is 1.70 bits per heavy atom. The van der Waals surface area contributed by atoms with Crippen molar-refractivity contribution in [1.82, 2.24) is 0 Å². The molecule has 0 aromatic heterocycles. The maximum atomic E-state index is 2.53. The van der Waals surface area contributed by atoms with Crippen LogP contribution in [-0.4, -0.2) is 0 Å². The molecule has 3 fully saturated rings. The minimum absolute atomic E-state index is 0.856. The van der Waals surface area contributed by atoms with Gasteiger partial charge >= 0.3 is 0 Å². The van der Waals surface area contributed by atoms with Gasteiger partial charge in [-0.05, 0) is 78.9 Å². The van der Waals surface area contributed by atoms with Crippen LogP contribution in [0.1, 0.15) is 98.8 Å². The van der Waals surface area contributed by atoms with E-state index in [0.29, 0.717) is 0 Å². The van der Waals surface area contributed by atoms with E-state index in [9.17, 15) is 0 Å². The quantitative estimate of drug-likeness (QED) is 0.395. The molecule has 0 saturated heterocycles. The van der Waals surface area contributed by atoms with E-state index in [1.807, 2.05) is 0 Å². The fourth-order valence-electron chi connectivity index (χ4n) is 6.41. The van der Waals surface area contributed by atoms with Crippen LogP contribution in [0.3, 0.4) is 0 Å². The largest absolute Gasteiger partial charge is 0.0654 e. The summed E-state index contributed by atoms with van der Waals surface area (Å²) in [4.78, 5) is 0. The van der Waals surface area contributed by atoms with Gasteiger partial charge in [-0.15, -0.1) is 0 Å². The molecular formula is C23H42. The van der Waals surface area contributed by atoms with Gasteiger partial charge < -0.3 is 0 Å². The van der Waals surface area contributed by atoms with E-state index in [1.165, 1.54) is 38.5 Å². The van der Waals surface area contributed by atoms with Crippen molar-refractivity contribution >= 4 is 0 Å². The lowest BCUT2D eigenvalue weighted by atomic mass is 9.74. The zero-order valence-electron chi connectivity index (χ0n) is 16.6. The predicted octanol–water partition coefficient (Wildman–Crippen LogP) is 7.33. The molecule has 23 heavy (non-hydrogen) atoms. The summed E-state index contributed by atoms with van der Waals surface area (Å²) in [6, 6.07) is 0. The lowest BCUT2D eigenvalue weighted by molar-refractivity contribution is 0.191. The van der Waals surface area contributed by atoms with Gasteiger partial charge in [0.05, 0.1) is 0 Å². The highest BCUT2D eigenvalue weighted by Gasteiger charge is 2.68. The summed E-state index contributed by atoms with van der Waals surface area (Å²) in [5.41, 5.74) is 0.856. The van der Waals surface area contributed by atoms with Crippen LogP contribution in [0.4, 0.5) is 0 Å². The van der Waals surface area contributed by atoms with E-state index in [4.69, 9.17) is 0 Å². The molecule has 1 spiro atoms. The van der Waals surface area contributed by atoms with E-state index in [2.05, 4.69) is 34.6 Å². The summed E-state index contributed by atoms with van der Waals surface area (Å²) in [5, 5.41) is 0. The molecular weight excluding hydrogens is 276 g/mol. The summed E-state index contributed by atoms with van der Waals surface area (Å²) in [6.07, 6.45) is 15.1. The van der Waals surface area contributed by atoms with E-state index in [-0.39, 0.29) is 0 Å². The van der Waals surface area contributed by atoms with Gasteiger partial charge in [0.25, 0.3) is 0 Å². The van der Waals surface area contributed by atoms with Crippen molar-refractivity contribution in [1.29, 1.82) is 0 Å². The van der Waals surface area contributed by atoms with Gasteiger partial charge in [0.15, 0.2) is 0 Å². The molecule has 3 saturated carbocycles. The van der Waals surface area contributed by atoms with Crippen LogP contribution >= 0.6 is 0 Å². The monoisotopic (exact) mass is 318 g/mol. The van der Waals surface area contributed by atoms with Crippen LogP contribution in [0, 0.1) is 46.8 Å². The first-order chi connectivity index (χ1) is 11.1. The average Bonchev–Trinajstić information content (AvgIpc) is 3.39. The van der Waals surface area contributed by atoms with Crippen molar-refractivity contribution in [3.63, 3.8) is 0 Å². The standard InChI is InChI=1S/C23H42/c1-6-10-19-14-20(19)15-21-22(23(21)11-9-12-23)18(8-3)13-17(5)16(4)7-2/h16-22H,6-15H2,1-5H3. The Hall–Kier alpha value is 0. The van der Waals surface area contributed by atoms with Gasteiger partial charge in [-0.1, -0.05) is 66.7 Å². The zero-order valence-corrected chi connectivity index (χ0v) is 16.6. The Morgan fingerprint density at radius 1 is 0.957 bits per heavy atom. The van der Waals surface area contributed by atoms with Crippen LogP contribution in [0.5, 0.6) is 0 Å². The molecule has 0 amide bonds. The molecule has 7 unspecified atom stereocenters. The van der Waals surface area contributed by atoms with Gasteiger partial charge in [0.2, 0.25) is 0 Å². The van der Waals surface area contributed by atoms with Gasteiger partial charge in [-0.2, -0.15) is 0 Å². The van der Waals surface area contributed by atoms with E-state index >= 15 is 0 Å².